The van der Waals surface area contributed by atoms with E-state index in [1.165, 1.54) is 0 Å². The largest absolute Gasteiger partial charge is 0.367 e. The van der Waals surface area contributed by atoms with Crippen LogP contribution < -0.4 is 5.32 Å². The monoisotopic (exact) mass is 328 g/mol. The van der Waals surface area contributed by atoms with Crippen LogP contribution in [0.4, 0.5) is 0 Å². The molecule has 0 amide bonds. The van der Waals surface area contributed by atoms with Gasteiger partial charge in [0.15, 0.2) is 5.72 Å². The summed E-state index contributed by atoms with van der Waals surface area (Å²) in [6, 6.07) is 29.7. The molecule has 2 atom stereocenters. The van der Waals surface area contributed by atoms with Gasteiger partial charge in [0, 0.05) is 17.5 Å². The van der Waals surface area contributed by atoms with E-state index in [0.29, 0.717) is 12.3 Å². The number of amidine groups is 1. The third-order valence-electron chi connectivity index (χ3n) is 4.58. The quantitative estimate of drug-likeness (QED) is 0.763. The summed E-state index contributed by atoms with van der Waals surface area (Å²) in [5.74, 6) is 0.715. The van der Waals surface area contributed by atoms with Gasteiger partial charge in [0.05, 0.1) is 6.04 Å². The molecule has 3 heteroatoms. The third-order valence-corrected chi connectivity index (χ3v) is 4.58. The second-order valence-electron chi connectivity index (χ2n) is 6.33. The van der Waals surface area contributed by atoms with Gasteiger partial charge in [-0.15, -0.1) is 0 Å². The van der Waals surface area contributed by atoms with Gasteiger partial charge < -0.3 is 10.4 Å². The van der Waals surface area contributed by atoms with Gasteiger partial charge in [-0.1, -0.05) is 91.0 Å². The molecule has 0 saturated heterocycles. The Morgan fingerprint density at radius 3 is 2.00 bits per heavy atom. The van der Waals surface area contributed by atoms with Crippen molar-refractivity contribution < 1.29 is 5.11 Å². The molecular formula is C22H20N2O. The minimum absolute atomic E-state index is 0.108. The van der Waals surface area contributed by atoms with Gasteiger partial charge in [-0.3, -0.25) is 4.99 Å². The van der Waals surface area contributed by atoms with Crippen molar-refractivity contribution in [2.45, 2.75) is 18.2 Å². The van der Waals surface area contributed by atoms with Crippen molar-refractivity contribution in [1.82, 2.24) is 5.32 Å². The molecule has 0 spiro atoms. The first-order valence-electron chi connectivity index (χ1n) is 8.49. The molecule has 3 aromatic carbocycles. The zero-order valence-electron chi connectivity index (χ0n) is 13.8. The van der Waals surface area contributed by atoms with E-state index >= 15 is 0 Å². The SMILES string of the molecule is OC1(c2ccccc2)CC(c2ccccc2)N=C(c2ccccc2)N1. The van der Waals surface area contributed by atoms with E-state index in [2.05, 4.69) is 17.4 Å². The topological polar surface area (TPSA) is 44.6 Å². The fourth-order valence-corrected chi connectivity index (χ4v) is 3.27. The first kappa shape index (κ1) is 15.6. The van der Waals surface area contributed by atoms with Crippen molar-refractivity contribution in [1.29, 1.82) is 0 Å². The maximum absolute atomic E-state index is 11.4. The van der Waals surface area contributed by atoms with Gasteiger partial charge in [-0.2, -0.15) is 0 Å². The first-order valence-corrected chi connectivity index (χ1v) is 8.49. The molecule has 2 unspecified atom stereocenters. The number of aliphatic imine (C=N–C) groups is 1. The first-order chi connectivity index (χ1) is 12.2. The summed E-state index contributed by atoms with van der Waals surface area (Å²) in [5, 5.41) is 14.7. The van der Waals surface area contributed by atoms with E-state index < -0.39 is 5.72 Å². The lowest BCUT2D eigenvalue weighted by Crippen LogP contribution is -2.50. The molecule has 0 aromatic heterocycles. The van der Waals surface area contributed by atoms with E-state index in [4.69, 9.17) is 4.99 Å². The van der Waals surface area contributed by atoms with Crippen LogP contribution in [0.1, 0.15) is 29.2 Å². The fraction of sp³-hybridized carbons (Fsp3) is 0.136. The Hall–Kier alpha value is -2.91. The molecule has 1 aliphatic heterocycles. The normalized spacial score (nSPS) is 22.8. The van der Waals surface area contributed by atoms with Crippen LogP contribution in [0.2, 0.25) is 0 Å². The van der Waals surface area contributed by atoms with Crippen LogP contribution in [0.5, 0.6) is 0 Å². The third kappa shape index (κ3) is 3.19. The molecular weight excluding hydrogens is 308 g/mol. The van der Waals surface area contributed by atoms with E-state index in [0.717, 1.165) is 16.7 Å². The highest BCUT2D eigenvalue weighted by Gasteiger charge is 2.37. The highest BCUT2D eigenvalue weighted by atomic mass is 16.3. The van der Waals surface area contributed by atoms with Crippen molar-refractivity contribution in [2.75, 3.05) is 0 Å². The average Bonchev–Trinajstić information content (AvgIpc) is 2.70. The molecule has 25 heavy (non-hydrogen) atoms. The molecule has 3 nitrogen and oxygen atoms in total. The Labute approximate surface area is 147 Å². The molecule has 0 bridgehead atoms. The van der Waals surface area contributed by atoms with Crippen LogP contribution in [0.3, 0.4) is 0 Å². The lowest BCUT2D eigenvalue weighted by Gasteiger charge is -2.38. The maximum atomic E-state index is 11.4. The summed E-state index contributed by atoms with van der Waals surface area (Å²) in [6.45, 7) is 0. The van der Waals surface area contributed by atoms with Crippen molar-refractivity contribution in [2.24, 2.45) is 4.99 Å². The molecule has 2 N–H and O–H groups in total. The number of aliphatic hydroxyl groups is 1. The number of rotatable bonds is 3. The Morgan fingerprint density at radius 2 is 1.36 bits per heavy atom. The van der Waals surface area contributed by atoms with Crippen LogP contribution >= 0.6 is 0 Å². The Balaban J connectivity index is 1.79. The zero-order chi connectivity index (χ0) is 17.1. The van der Waals surface area contributed by atoms with Crippen molar-refractivity contribution in [3.8, 4) is 0 Å². The summed E-state index contributed by atoms with van der Waals surface area (Å²) < 4.78 is 0. The van der Waals surface area contributed by atoms with Gasteiger partial charge in [0.1, 0.15) is 5.84 Å². The van der Waals surface area contributed by atoms with Crippen molar-refractivity contribution in [3.63, 3.8) is 0 Å². The second-order valence-corrected chi connectivity index (χ2v) is 6.33. The molecule has 0 radical (unpaired) electrons. The summed E-state index contributed by atoms with van der Waals surface area (Å²) in [6.07, 6.45) is 0.483. The minimum atomic E-state index is -1.16. The smallest absolute Gasteiger partial charge is 0.165 e. The molecule has 0 saturated carbocycles. The van der Waals surface area contributed by atoms with Crippen LogP contribution in [-0.2, 0) is 5.72 Å². The average molecular weight is 328 g/mol. The molecule has 1 heterocycles. The predicted molar refractivity (Wildman–Crippen MR) is 100 cm³/mol. The summed E-state index contributed by atoms with van der Waals surface area (Å²) in [5.41, 5.74) is 1.76. The maximum Gasteiger partial charge on any atom is 0.165 e. The molecule has 4 rings (SSSR count). The molecule has 3 aromatic rings. The standard InChI is InChI=1S/C22H20N2O/c25-22(19-14-8-3-9-15-19)16-20(17-10-4-1-5-11-17)23-21(24-22)18-12-6-2-7-13-18/h1-15,20,25H,16H2,(H,23,24). The van der Waals surface area contributed by atoms with Gasteiger partial charge in [-0.25, -0.2) is 0 Å². The summed E-state index contributed by atoms with van der Waals surface area (Å²) in [7, 11) is 0. The number of benzene rings is 3. The second kappa shape index (κ2) is 6.54. The number of nitrogens with one attached hydrogen (secondary N) is 1. The lowest BCUT2D eigenvalue weighted by atomic mass is 9.89. The molecule has 124 valence electrons. The van der Waals surface area contributed by atoms with Crippen molar-refractivity contribution in [3.05, 3.63) is 108 Å². The van der Waals surface area contributed by atoms with Gasteiger partial charge >= 0.3 is 0 Å². The zero-order valence-corrected chi connectivity index (χ0v) is 13.8. The molecule has 0 fully saturated rings. The van der Waals surface area contributed by atoms with Crippen LogP contribution in [0.15, 0.2) is 96.0 Å². The lowest BCUT2D eigenvalue weighted by molar-refractivity contribution is -0.000615. The predicted octanol–water partition coefficient (Wildman–Crippen LogP) is 4.01. The van der Waals surface area contributed by atoms with E-state index in [1.807, 2.05) is 78.9 Å². The van der Waals surface area contributed by atoms with Gasteiger partial charge in [-0.05, 0) is 5.56 Å². The summed E-state index contributed by atoms with van der Waals surface area (Å²) in [4.78, 5) is 4.89. The molecule has 0 aliphatic carbocycles. The van der Waals surface area contributed by atoms with E-state index in [-0.39, 0.29) is 6.04 Å². The number of hydrogen-bond donors (Lipinski definition) is 2. The van der Waals surface area contributed by atoms with E-state index in [1.54, 1.807) is 0 Å². The van der Waals surface area contributed by atoms with E-state index in [9.17, 15) is 5.11 Å². The highest BCUT2D eigenvalue weighted by Crippen LogP contribution is 2.36. The van der Waals surface area contributed by atoms with Gasteiger partial charge in [0.25, 0.3) is 0 Å². The van der Waals surface area contributed by atoms with Crippen LogP contribution in [-0.4, -0.2) is 10.9 Å². The number of hydrogen-bond acceptors (Lipinski definition) is 3. The van der Waals surface area contributed by atoms with Crippen LogP contribution in [0, 0.1) is 0 Å². The van der Waals surface area contributed by atoms with Gasteiger partial charge in [0.2, 0.25) is 0 Å². The fourth-order valence-electron chi connectivity index (χ4n) is 3.27. The van der Waals surface area contributed by atoms with Crippen molar-refractivity contribution >= 4 is 5.84 Å². The number of nitrogens with zero attached hydrogens (tertiary/aromatic N) is 1. The summed E-state index contributed by atoms with van der Waals surface area (Å²) >= 11 is 0. The Kier molecular flexibility index (Phi) is 4.08. The Morgan fingerprint density at radius 1 is 0.800 bits per heavy atom. The Bertz CT molecular complexity index is 862. The van der Waals surface area contributed by atoms with Crippen LogP contribution in [0.25, 0.3) is 0 Å². The minimum Gasteiger partial charge on any atom is -0.367 e. The highest BCUT2D eigenvalue weighted by molar-refractivity contribution is 5.99. The molecule has 1 aliphatic rings.